The highest BCUT2D eigenvalue weighted by molar-refractivity contribution is 5.81. The molecule has 0 aliphatic carbocycles. The first kappa shape index (κ1) is 10.4. The Hall–Kier alpha value is -0.610. The fourth-order valence-electron chi connectivity index (χ4n) is 0.701. The van der Waals surface area contributed by atoms with Gasteiger partial charge in [-0.05, 0) is 13.8 Å². The Morgan fingerprint density at radius 3 is 2.73 bits per heavy atom. The lowest BCUT2D eigenvalue weighted by Crippen LogP contribution is -2.31. The van der Waals surface area contributed by atoms with E-state index in [0.717, 1.165) is 25.4 Å². The van der Waals surface area contributed by atoms with Crippen molar-refractivity contribution in [3.63, 3.8) is 0 Å². The minimum atomic E-state index is 0.680. The quantitative estimate of drug-likeness (QED) is 0.199. The monoisotopic (exact) mass is 159 g/mol. The van der Waals surface area contributed by atoms with E-state index >= 15 is 0 Å². The summed E-state index contributed by atoms with van der Waals surface area (Å²) in [5.41, 5.74) is 2.53. The summed E-state index contributed by atoms with van der Waals surface area (Å²) in [5.74, 6) is 6.01. The third kappa shape index (κ3) is 5.82. The normalized spacial score (nSPS) is 11.7. The summed E-state index contributed by atoms with van der Waals surface area (Å²) in [6, 6.07) is 0. The lowest BCUT2D eigenvalue weighted by molar-refractivity contribution is 0.154. The van der Waals surface area contributed by atoms with E-state index in [2.05, 4.69) is 10.4 Å². The third-order valence-electron chi connectivity index (χ3n) is 1.20. The highest BCUT2D eigenvalue weighted by Gasteiger charge is 1.93. The van der Waals surface area contributed by atoms with E-state index in [1.807, 2.05) is 13.8 Å². The minimum Gasteiger partial charge on any atom is -0.381 e. The fraction of sp³-hybridized carbons (Fsp3) is 0.857. The number of hydrogen-bond donors (Lipinski definition) is 2. The van der Waals surface area contributed by atoms with Crippen LogP contribution in [-0.2, 0) is 4.74 Å². The summed E-state index contributed by atoms with van der Waals surface area (Å²) in [6.45, 7) is 6.11. The molecule has 0 saturated heterocycles. The molecular weight excluding hydrogens is 142 g/mol. The summed E-state index contributed by atoms with van der Waals surface area (Å²) >= 11 is 0. The molecule has 0 spiro atoms. The van der Waals surface area contributed by atoms with Crippen molar-refractivity contribution >= 4 is 5.84 Å². The molecule has 0 aromatic carbocycles. The lowest BCUT2D eigenvalue weighted by atomic mass is 10.4. The zero-order valence-corrected chi connectivity index (χ0v) is 7.26. The number of nitrogens with two attached hydrogens (primary N) is 1. The molecule has 11 heavy (non-hydrogen) atoms. The predicted octanol–water partition coefficient (Wildman–Crippen LogP) is 0.295. The number of rotatable bonds is 5. The minimum absolute atomic E-state index is 0.680. The summed E-state index contributed by atoms with van der Waals surface area (Å²) in [4.78, 5) is 4.11. The highest BCUT2D eigenvalue weighted by Crippen LogP contribution is 1.84. The maximum atomic E-state index is 5.20. The first-order chi connectivity index (χ1) is 5.35. The SMILES string of the molecule is CCN=C(CCOCC)NN. The summed E-state index contributed by atoms with van der Waals surface area (Å²) in [7, 11) is 0. The maximum Gasteiger partial charge on any atom is 0.113 e. The van der Waals surface area contributed by atoms with E-state index in [1.54, 1.807) is 0 Å². The van der Waals surface area contributed by atoms with Crippen LogP contribution in [-0.4, -0.2) is 25.6 Å². The van der Waals surface area contributed by atoms with Gasteiger partial charge in [0, 0.05) is 19.6 Å². The van der Waals surface area contributed by atoms with E-state index in [9.17, 15) is 0 Å². The summed E-state index contributed by atoms with van der Waals surface area (Å²) in [5, 5.41) is 0. The molecule has 0 aromatic rings. The summed E-state index contributed by atoms with van der Waals surface area (Å²) in [6.07, 6.45) is 0.762. The van der Waals surface area contributed by atoms with Crippen LogP contribution < -0.4 is 11.3 Å². The van der Waals surface area contributed by atoms with Crippen LogP contribution in [0.4, 0.5) is 0 Å². The van der Waals surface area contributed by atoms with Crippen molar-refractivity contribution in [2.45, 2.75) is 20.3 Å². The van der Waals surface area contributed by atoms with Gasteiger partial charge >= 0.3 is 0 Å². The van der Waals surface area contributed by atoms with Crippen molar-refractivity contribution in [3.05, 3.63) is 0 Å². The standard InChI is InChI=1S/C7H17N3O/c1-3-9-7(10-8)5-6-11-4-2/h3-6,8H2,1-2H3,(H,9,10). The van der Waals surface area contributed by atoms with Crippen LogP contribution in [0.2, 0.25) is 0 Å². The third-order valence-corrected chi connectivity index (χ3v) is 1.20. The zero-order chi connectivity index (χ0) is 8.53. The van der Waals surface area contributed by atoms with Gasteiger partial charge in [0.2, 0.25) is 0 Å². The smallest absolute Gasteiger partial charge is 0.113 e. The molecular formula is C7H17N3O. The number of nitrogens with zero attached hydrogens (tertiary/aromatic N) is 1. The number of nitrogens with one attached hydrogen (secondary N) is 1. The lowest BCUT2D eigenvalue weighted by Gasteiger charge is -2.04. The van der Waals surface area contributed by atoms with Gasteiger partial charge in [0.25, 0.3) is 0 Å². The Kier molecular flexibility index (Phi) is 7.08. The summed E-state index contributed by atoms with van der Waals surface area (Å²) < 4.78 is 5.14. The van der Waals surface area contributed by atoms with Crippen LogP contribution in [0.25, 0.3) is 0 Å². The van der Waals surface area contributed by atoms with Gasteiger partial charge in [-0.1, -0.05) is 0 Å². The molecule has 0 aliphatic rings. The van der Waals surface area contributed by atoms with Crippen molar-refractivity contribution in [3.8, 4) is 0 Å². The molecule has 0 atom stereocenters. The van der Waals surface area contributed by atoms with Gasteiger partial charge in [-0.15, -0.1) is 0 Å². The van der Waals surface area contributed by atoms with Crippen molar-refractivity contribution in [2.75, 3.05) is 19.8 Å². The van der Waals surface area contributed by atoms with E-state index in [0.29, 0.717) is 6.61 Å². The Labute approximate surface area is 67.8 Å². The van der Waals surface area contributed by atoms with Crippen LogP contribution in [0.1, 0.15) is 20.3 Å². The van der Waals surface area contributed by atoms with Crippen LogP contribution in [0.5, 0.6) is 0 Å². The van der Waals surface area contributed by atoms with Gasteiger partial charge < -0.3 is 10.2 Å². The Balaban J connectivity index is 3.44. The van der Waals surface area contributed by atoms with Gasteiger partial charge in [0.05, 0.1) is 6.61 Å². The maximum absolute atomic E-state index is 5.20. The molecule has 4 heteroatoms. The molecule has 0 radical (unpaired) electrons. The molecule has 66 valence electrons. The molecule has 3 N–H and O–H groups in total. The number of ether oxygens (including phenoxy) is 1. The van der Waals surface area contributed by atoms with Gasteiger partial charge in [-0.2, -0.15) is 0 Å². The van der Waals surface area contributed by atoms with E-state index in [-0.39, 0.29) is 0 Å². The Bertz CT molecular complexity index is 114. The average Bonchev–Trinajstić information content (AvgIpc) is 2.03. The van der Waals surface area contributed by atoms with Crippen molar-refractivity contribution in [1.82, 2.24) is 5.43 Å². The van der Waals surface area contributed by atoms with Gasteiger partial charge in [0.15, 0.2) is 0 Å². The zero-order valence-electron chi connectivity index (χ0n) is 7.26. The molecule has 0 aliphatic heterocycles. The molecule has 0 amide bonds. The van der Waals surface area contributed by atoms with Crippen LogP contribution in [0, 0.1) is 0 Å². The molecule has 0 heterocycles. The topological polar surface area (TPSA) is 59.6 Å². The number of amidine groups is 1. The predicted molar refractivity (Wildman–Crippen MR) is 46.4 cm³/mol. The van der Waals surface area contributed by atoms with Gasteiger partial charge in [0.1, 0.15) is 5.84 Å². The molecule has 0 bridgehead atoms. The second kappa shape index (κ2) is 7.50. The Morgan fingerprint density at radius 2 is 2.27 bits per heavy atom. The Morgan fingerprint density at radius 1 is 1.55 bits per heavy atom. The van der Waals surface area contributed by atoms with Crippen LogP contribution in [0.3, 0.4) is 0 Å². The molecule has 0 rings (SSSR count). The number of aliphatic imine (C=N–C) groups is 1. The largest absolute Gasteiger partial charge is 0.381 e. The number of hydrazine groups is 1. The second-order valence-corrected chi connectivity index (χ2v) is 2.01. The number of hydrogen-bond acceptors (Lipinski definition) is 3. The van der Waals surface area contributed by atoms with Crippen LogP contribution in [0.15, 0.2) is 4.99 Å². The van der Waals surface area contributed by atoms with E-state index in [1.165, 1.54) is 0 Å². The van der Waals surface area contributed by atoms with E-state index in [4.69, 9.17) is 10.6 Å². The fourth-order valence-corrected chi connectivity index (χ4v) is 0.701. The van der Waals surface area contributed by atoms with Crippen molar-refractivity contribution < 1.29 is 4.74 Å². The second-order valence-electron chi connectivity index (χ2n) is 2.01. The average molecular weight is 159 g/mol. The van der Waals surface area contributed by atoms with E-state index < -0.39 is 0 Å². The van der Waals surface area contributed by atoms with Crippen LogP contribution >= 0.6 is 0 Å². The molecule has 0 fully saturated rings. The first-order valence-electron chi connectivity index (χ1n) is 3.92. The van der Waals surface area contributed by atoms with Crippen molar-refractivity contribution in [1.29, 1.82) is 0 Å². The molecule has 0 aromatic heterocycles. The first-order valence-corrected chi connectivity index (χ1v) is 3.92. The van der Waals surface area contributed by atoms with Gasteiger partial charge in [-0.25, -0.2) is 5.84 Å². The molecule has 4 nitrogen and oxygen atoms in total. The highest BCUT2D eigenvalue weighted by atomic mass is 16.5. The molecule has 0 unspecified atom stereocenters. The molecule has 0 saturated carbocycles. The van der Waals surface area contributed by atoms with Gasteiger partial charge in [-0.3, -0.25) is 4.99 Å². The van der Waals surface area contributed by atoms with Crippen molar-refractivity contribution in [2.24, 2.45) is 10.8 Å².